The highest BCUT2D eigenvalue weighted by Gasteiger charge is 2.00. The van der Waals surface area contributed by atoms with Gasteiger partial charge in [0.2, 0.25) is 0 Å². The zero-order valence-electron chi connectivity index (χ0n) is 15.8. The molecule has 1 rings (SSSR count). The summed E-state index contributed by atoms with van der Waals surface area (Å²) >= 11 is 5.82. The van der Waals surface area contributed by atoms with Crippen molar-refractivity contribution < 1.29 is 4.79 Å². The third-order valence-corrected chi connectivity index (χ3v) is 4.67. The molecule has 0 heterocycles. The molecule has 2 N–H and O–H groups in total. The summed E-state index contributed by atoms with van der Waals surface area (Å²) in [6.45, 7) is 3.00. The molecule has 3 nitrogen and oxygen atoms in total. The molecule has 25 heavy (non-hydrogen) atoms. The number of carbonyl (C=O) groups excluding carboxylic acids is 1. The lowest BCUT2D eigenvalue weighted by Gasteiger charge is -2.07. The number of halogens is 1. The third-order valence-electron chi connectivity index (χ3n) is 4.42. The minimum atomic E-state index is -0.148. The molecule has 4 heteroatoms. The fourth-order valence-electron chi connectivity index (χ4n) is 2.88. The molecule has 2 amide bonds. The van der Waals surface area contributed by atoms with E-state index in [1.807, 2.05) is 0 Å². The van der Waals surface area contributed by atoms with Crippen LogP contribution in [-0.2, 0) is 0 Å². The van der Waals surface area contributed by atoms with Gasteiger partial charge in [-0.3, -0.25) is 0 Å². The summed E-state index contributed by atoms with van der Waals surface area (Å²) in [5.74, 6) is 0. The average molecular weight is 367 g/mol. The standard InChI is InChI=1S/C21H35ClN2O/c1-2-3-4-5-6-7-8-9-10-11-12-13-18-23-21(25)24-20-16-14-19(22)15-17-20/h14-17H,2-13,18H2,1H3,(H2,23,24,25). The van der Waals surface area contributed by atoms with Gasteiger partial charge in [0, 0.05) is 17.3 Å². The van der Waals surface area contributed by atoms with Crippen molar-refractivity contribution in [3.8, 4) is 0 Å². The van der Waals surface area contributed by atoms with E-state index in [0.29, 0.717) is 5.02 Å². The molecule has 1 aromatic rings. The number of anilines is 1. The number of urea groups is 1. The van der Waals surface area contributed by atoms with Crippen LogP contribution in [0.1, 0.15) is 84.0 Å². The van der Waals surface area contributed by atoms with Crippen LogP contribution in [0.15, 0.2) is 24.3 Å². The van der Waals surface area contributed by atoms with Crippen molar-refractivity contribution in [2.45, 2.75) is 84.0 Å². The molecule has 142 valence electrons. The zero-order valence-corrected chi connectivity index (χ0v) is 16.5. The Kier molecular flexibility index (Phi) is 13.2. The highest BCUT2D eigenvalue weighted by molar-refractivity contribution is 6.30. The number of rotatable bonds is 14. The lowest BCUT2D eigenvalue weighted by Crippen LogP contribution is -2.29. The van der Waals surface area contributed by atoms with Crippen molar-refractivity contribution in [2.75, 3.05) is 11.9 Å². The van der Waals surface area contributed by atoms with Crippen molar-refractivity contribution >= 4 is 23.3 Å². The van der Waals surface area contributed by atoms with Crippen LogP contribution >= 0.6 is 11.6 Å². The Bertz CT molecular complexity index is 448. The maximum atomic E-state index is 11.7. The van der Waals surface area contributed by atoms with Crippen LogP contribution < -0.4 is 10.6 Å². The second kappa shape index (κ2) is 15.1. The van der Waals surface area contributed by atoms with Gasteiger partial charge in [0.05, 0.1) is 0 Å². The highest BCUT2D eigenvalue weighted by atomic mass is 35.5. The van der Waals surface area contributed by atoms with E-state index < -0.39 is 0 Å². The first-order valence-corrected chi connectivity index (χ1v) is 10.4. The van der Waals surface area contributed by atoms with Crippen LogP contribution in [0.2, 0.25) is 5.02 Å². The summed E-state index contributed by atoms with van der Waals surface area (Å²) in [7, 11) is 0. The molecule has 0 aliphatic rings. The van der Waals surface area contributed by atoms with Crippen molar-refractivity contribution in [3.05, 3.63) is 29.3 Å². The van der Waals surface area contributed by atoms with Gasteiger partial charge in [0.1, 0.15) is 0 Å². The summed E-state index contributed by atoms with van der Waals surface area (Å²) in [4.78, 5) is 11.7. The summed E-state index contributed by atoms with van der Waals surface area (Å²) in [6.07, 6.45) is 15.9. The van der Waals surface area contributed by atoms with Crippen LogP contribution in [0.5, 0.6) is 0 Å². The van der Waals surface area contributed by atoms with Gasteiger partial charge in [-0.05, 0) is 30.7 Å². The number of carbonyl (C=O) groups is 1. The first-order chi connectivity index (χ1) is 12.2. The second-order valence-electron chi connectivity index (χ2n) is 6.78. The van der Waals surface area contributed by atoms with Crippen molar-refractivity contribution in [1.82, 2.24) is 5.32 Å². The lowest BCUT2D eigenvalue weighted by atomic mass is 10.1. The SMILES string of the molecule is CCCCCCCCCCCCCCNC(=O)Nc1ccc(Cl)cc1. The van der Waals surface area contributed by atoms with Crippen LogP contribution in [0.3, 0.4) is 0 Å². The summed E-state index contributed by atoms with van der Waals surface area (Å²) in [5.41, 5.74) is 0.761. The molecular weight excluding hydrogens is 332 g/mol. The molecule has 1 aromatic carbocycles. The van der Waals surface area contributed by atoms with Gasteiger partial charge in [-0.15, -0.1) is 0 Å². The molecular formula is C21H35ClN2O. The van der Waals surface area contributed by atoms with Gasteiger partial charge in [-0.25, -0.2) is 4.79 Å². The molecule has 0 atom stereocenters. The van der Waals surface area contributed by atoms with Crippen LogP contribution in [0.4, 0.5) is 10.5 Å². The van der Waals surface area contributed by atoms with Crippen LogP contribution in [-0.4, -0.2) is 12.6 Å². The molecule has 0 bridgehead atoms. The van der Waals surface area contributed by atoms with E-state index in [-0.39, 0.29) is 6.03 Å². The minimum Gasteiger partial charge on any atom is -0.338 e. The van der Waals surface area contributed by atoms with Crippen molar-refractivity contribution in [1.29, 1.82) is 0 Å². The van der Waals surface area contributed by atoms with Gasteiger partial charge in [0.25, 0.3) is 0 Å². The topological polar surface area (TPSA) is 41.1 Å². The Balaban J connectivity index is 1.85. The predicted molar refractivity (Wildman–Crippen MR) is 110 cm³/mol. The van der Waals surface area contributed by atoms with Crippen LogP contribution in [0.25, 0.3) is 0 Å². The van der Waals surface area contributed by atoms with E-state index in [0.717, 1.165) is 18.7 Å². The highest BCUT2D eigenvalue weighted by Crippen LogP contribution is 2.13. The van der Waals surface area contributed by atoms with Gasteiger partial charge in [0.15, 0.2) is 0 Å². The predicted octanol–water partition coefficient (Wildman–Crippen LogP) is 7.16. The van der Waals surface area contributed by atoms with Gasteiger partial charge >= 0.3 is 6.03 Å². The number of amides is 2. The van der Waals surface area contributed by atoms with Crippen molar-refractivity contribution in [3.63, 3.8) is 0 Å². The molecule has 0 aromatic heterocycles. The second-order valence-corrected chi connectivity index (χ2v) is 7.21. The molecule has 0 saturated heterocycles. The number of unbranched alkanes of at least 4 members (excludes halogenated alkanes) is 11. The Hall–Kier alpha value is -1.22. The minimum absolute atomic E-state index is 0.148. The Morgan fingerprint density at radius 3 is 1.80 bits per heavy atom. The normalized spacial score (nSPS) is 10.6. The molecule has 0 unspecified atom stereocenters. The third kappa shape index (κ3) is 12.7. The number of nitrogens with one attached hydrogen (secondary N) is 2. The van der Waals surface area contributed by atoms with Crippen molar-refractivity contribution in [2.24, 2.45) is 0 Å². The van der Waals surface area contributed by atoms with Gasteiger partial charge in [-0.1, -0.05) is 89.2 Å². The van der Waals surface area contributed by atoms with Crippen LogP contribution in [0, 0.1) is 0 Å². The fourth-order valence-corrected chi connectivity index (χ4v) is 3.00. The first-order valence-electron chi connectivity index (χ1n) is 10.0. The van der Waals surface area contributed by atoms with E-state index in [2.05, 4.69) is 17.6 Å². The molecule has 0 spiro atoms. The lowest BCUT2D eigenvalue weighted by molar-refractivity contribution is 0.252. The number of benzene rings is 1. The maximum absolute atomic E-state index is 11.7. The largest absolute Gasteiger partial charge is 0.338 e. The van der Waals surface area contributed by atoms with E-state index in [9.17, 15) is 4.79 Å². The Labute approximate surface area is 158 Å². The Morgan fingerprint density at radius 2 is 1.28 bits per heavy atom. The summed E-state index contributed by atoms with van der Waals surface area (Å²) in [5, 5.41) is 6.37. The molecule has 0 radical (unpaired) electrons. The molecule has 0 aliphatic carbocycles. The Morgan fingerprint density at radius 1 is 0.800 bits per heavy atom. The zero-order chi connectivity index (χ0) is 18.2. The molecule has 0 saturated carbocycles. The van der Waals surface area contributed by atoms with E-state index in [1.165, 1.54) is 70.6 Å². The van der Waals surface area contributed by atoms with E-state index >= 15 is 0 Å². The smallest absolute Gasteiger partial charge is 0.319 e. The number of hydrogen-bond donors (Lipinski definition) is 2. The average Bonchev–Trinajstić information content (AvgIpc) is 2.61. The number of hydrogen-bond acceptors (Lipinski definition) is 1. The van der Waals surface area contributed by atoms with E-state index in [1.54, 1.807) is 24.3 Å². The summed E-state index contributed by atoms with van der Waals surface area (Å²) in [6, 6.07) is 6.98. The first kappa shape index (κ1) is 21.8. The van der Waals surface area contributed by atoms with Gasteiger partial charge in [-0.2, -0.15) is 0 Å². The fraction of sp³-hybridized carbons (Fsp3) is 0.667. The maximum Gasteiger partial charge on any atom is 0.319 e. The van der Waals surface area contributed by atoms with Gasteiger partial charge < -0.3 is 10.6 Å². The molecule has 0 fully saturated rings. The monoisotopic (exact) mass is 366 g/mol. The molecule has 0 aliphatic heterocycles. The quantitative estimate of drug-likeness (QED) is 0.337. The summed E-state index contributed by atoms with van der Waals surface area (Å²) < 4.78 is 0. The van der Waals surface area contributed by atoms with E-state index in [4.69, 9.17) is 11.6 Å².